The van der Waals surface area contributed by atoms with Crippen LogP contribution in [0.4, 0.5) is 5.69 Å². The highest BCUT2D eigenvalue weighted by Crippen LogP contribution is 2.22. The number of hydrogen-bond acceptors (Lipinski definition) is 4. The summed E-state index contributed by atoms with van der Waals surface area (Å²) in [5.41, 5.74) is 2.76. The fourth-order valence-corrected chi connectivity index (χ4v) is 2.70. The number of carbonyl (C=O) groups is 2. The van der Waals surface area contributed by atoms with E-state index in [0.717, 1.165) is 18.4 Å². The second kappa shape index (κ2) is 9.19. The lowest BCUT2D eigenvalue weighted by atomic mass is 10.1. The van der Waals surface area contributed by atoms with Gasteiger partial charge in [0.15, 0.2) is 0 Å². The lowest BCUT2D eigenvalue weighted by Gasteiger charge is -2.06. The Bertz CT molecular complexity index is 967. The van der Waals surface area contributed by atoms with Crippen molar-refractivity contribution < 1.29 is 14.3 Å². The first-order valence-corrected chi connectivity index (χ1v) is 9.34. The summed E-state index contributed by atoms with van der Waals surface area (Å²) in [5.74, 6) is -0.704. The zero-order valence-corrected chi connectivity index (χ0v) is 16.1. The predicted octanol–water partition coefficient (Wildman–Crippen LogP) is 4.94. The maximum absolute atomic E-state index is 12.4. The Morgan fingerprint density at radius 2 is 1.93 bits per heavy atom. The molecule has 2 N–H and O–H groups in total. The van der Waals surface area contributed by atoms with Gasteiger partial charge < -0.3 is 10.1 Å². The molecule has 1 heterocycles. The van der Waals surface area contributed by atoms with Gasteiger partial charge in [0, 0.05) is 16.3 Å². The van der Waals surface area contributed by atoms with Gasteiger partial charge in [-0.05, 0) is 48.9 Å². The van der Waals surface area contributed by atoms with Gasteiger partial charge >= 0.3 is 5.97 Å². The van der Waals surface area contributed by atoms with Crippen LogP contribution < -0.4 is 5.32 Å². The number of halogens is 1. The fraction of sp³-hybridized carbons (Fsp3) is 0.190. The standard InChI is InChI=1S/C21H20ClN3O3/c1-2-3-11-28-21(27)14-7-9-17(10-8-14)23-20(26)19-13-18(24-25-19)15-5-4-6-16(22)12-15/h4-10,12-13H,2-3,11H2,1H3,(H,23,26)(H,24,25). The topological polar surface area (TPSA) is 84.1 Å². The van der Waals surface area contributed by atoms with E-state index < -0.39 is 0 Å². The molecule has 0 radical (unpaired) electrons. The van der Waals surface area contributed by atoms with Crippen molar-refractivity contribution >= 4 is 29.2 Å². The van der Waals surface area contributed by atoms with E-state index in [-0.39, 0.29) is 11.9 Å². The lowest BCUT2D eigenvalue weighted by Crippen LogP contribution is -2.12. The molecule has 1 aromatic heterocycles. The molecule has 6 nitrogen and oxygen atoms in total. The molecule has 144 valence electrons. The monoisotopic (exact) mass is 397 g/mol. The number of benzene rings is 2. The fourth-order valence-electron chi connectivity index (χ4n) is 2.51. The van der Waals surface area contributed by atoms with E-state index >= 15 is 0 Å². The summed E-state index contributed by atoms with van der Waals surface area (Å²) in [6.07, 6.45) is 1.80. The number of aromatic nitrogens is 2. The molecule has 0 unspecified atom stereocenters. The second-order valence-corrected chi connectivity index (χ2v) is 6.63. The smallest absolute Gasteiger partial charge is 0.338 e. The molecular weight excluding hydrogens is 378 g/mol. The minimum absolute atomic E-state index is 0.318. The van der Waals surface area contributed by atoms with Crippen molar-refractivity contribution in [2.45, 2.75) is 19.8 Å². The Kier molecular flexibility index (Phi) is 6.45. The number of aromatic amines is 1. The Balaban J connectivity index is 1.63. The van der Waals surface area contributed by atoms with Crippen molar-refractivity contribution in [2.75, 3.05) is 11.9 Å². The highest BCUT2D eigenvalue weighted by atomic mass is 35.5. The van der Waals surface area contributed by atoms with Gasteiger partial charge in [-0.3, -0.25) is 9.89 Å². The van der Waals surface area contributed by atoms with E-state index in [1.807, 2.05) is 19.1 Å². The molecular formula is C21H20ClN3O3. The summed E-state index contributed by atoms with van der Waals surface area (Å²) in [6, 6.07) is 15.4. The summed E-state index contributed by atoms with van der Waals surface area (Å²) in [5, 5.41) is 10.2. The number of hydrogen-bond donors (Lipinski definition) is 2. The molecule has 7 heteroatoms. The molecule has 0 aliphatic rings. The number of amides is 1. The van der Waals surface area contributed by atoms with Crippen molar-refractivity contribution in [3.63, 3.8) is 0 Å². The molecule has 0 atom stereocenters. The van der Waals surface area contributed by atoms with Gasteiger partial charge in [-0.2, -0.15) is 5.10 Å². The van der Waals surface area contributed by atoms with E-state index in [9.17, 15) is 9.59 Å². The third kappa shape index (κ3) is 4.98. The van der Waals surface area contributed by atoms with Crippen LogP contribution in [-0.4, -0.2) is 28.7 Å². The maximum atomic E-state index is 12.4. The zero-order chi connectivity index (χ0) is 19.9. The van der Waals surface area contributed by atoms with E-state index in [1.54, 1.807) is 42.5 Å². The molecule has 28 heavy (non-hydrogen) atoms. The first-order valence-electron chi connectivity index (χ1n) is 8.96. The van der Waals surface area contributed by atoms with Gasteiger partial charge in [-0.25, -0.2) is 4.79 Å². The van der Waals surface area contributed by atoms with E-state index in [2.05, 4.69) is 15.5 Å². The first kappa shape index (κ1) is 19.6. The van der Waals surface area contributed by atoms with Gasteiger partial charge in [0.05, 0.1) is 17.9 Å². The summed E-state index contributed by atoms with van der Waals surface area (Å²) >= 11 is 5.99. The third-order valence-corrected chi connectivity index (χ3v) is 4.29. The number of nitrogens with zero attached hydrogens (tertiary/aromatic N) is 1. The predicted molar refractivity (Wildman–Crippen MR) is 109 cm³/mol. The van der Waals surface area contributed by atoms with Crippen LogP contribution >= 0.6 is 11.6 Å². The van der Waals surface area contributed by atoms with Gasteiger partial charge in [0.2, 0.25) is 0 Å². The van der Waals surface area contributed by atoms with Crippen LogP contribution in [0.5, 0.6) is 0 Å². The number of H-pyrrole nitrogens is 1. The SMILES string of the molecule is CCCCOC(=O)c1ccc(NC(=O)c2cc(-c3cccc(Cl)c3)n[nH]2)cc1. The molecule has 0 bridgehead atoms. The van der Waals surface area contributed by atoms with Gasteiger partial charge in [-0.15, -0.1) is 0 Å². The van der Waals surface area contributed by atoms with Crippen LogP contribution in [0.15, 0.2) is 54.6 Å². The van der Waals surface area contributed by atoms with Crippen molar-refractivity contribution in [1.82, 2.24) is 10.2 Å². The van der Waals surface area contributed by atoms with Crippen molar-refractivity contribution in [3.8, 4) is 11.3 Å². The molecule has 3 rings (SSSR count). The van der Waals surface area contributed by atoms with Crippen LogP contribution in [0, 0.1) is 0 Å². The number of ether oxygens (including phenoxy) is 1. The number of unbranched alkanes of at least 4 members (excludes halogenated alkanes) is 1. The van der Waals surface area contributed by atoms with E-state index in [1.165, 1.54) is 0 Å². The van der Waals surface area contributed by atoms with Crippen molar-refractivity contribution in [3.05, 3.63) is 70.9 Å². The average Bonchev–Trinajstić information content (AvgIpc) is 3.19. The number of esters is 1. The summed E-state index contributed by atoms with van der Waals surface area (Å²) < 4.78 is 5.16. The number of nitrogens with one attached hydrogen (secondary N) is 2. The normalized spacial score (nSPS) is 10.5. The molecule has 0 saturated heterocycles. The van der Waals surface area contributed by atoms with Crippen LogP contribution in [0.3, 0.4) is 0 Å². The number of carbonyl (C=O) groups excluding carboxylic acids is 2. The van der Waals surface area contributed by atoms with Gasteiger partial charge in [0.1, 0.15) is 5.69 Å². The third-order valence-electron chi connectivity index (χ3n) is 4.05. The number of anilines is 1. The van der Waals surface area contributed by atoms with Crippen LogP contribution in [0.25, 0.3) is 11.3 Å². The molecule has 0 saturated carbocycles. The molecule has 0 aliphatic carbocycles. The first-order chi connectivity index (χ1) is 13.6. The van der Waals surface area contributed by atoms with E-state index in [4.69, 9.17) is 16.3 Å². The molecule has 0 aliphatic heterocycles. The maximum Gasteiger partial charge on any atom is 0.338 e. The second-order valence-electron chi connectivity index (χ2n) is 6.20. The molecule has 0 spiro atoms. The molecule has 2 aromatic carbocycles. The summed E-state index contributed by atoms with van der Waals surface area (Å²) in [6.45, 7) is 2.44. The summed E-state index contributed by atoms with van der Waals surface area (Å²) in [7, 11) is 0. The molecule has 3 aromatic rings. The lowest BCUT2D eigenvalue weighted by molar-refractivity contribution is 0.0499. The summed E-state index contributed by atoms with van der Waals surface area (Å²) in [4.78, 5) is 24.3. The molecule has 1 amide bonds. The van der Waals surface area contributed by atoms with Crippen molar-refractivity contribution in [2.24, 2.45) is 0 Å². The largest absolute Gasteiger partial charge is 0.462 e. The minimum atomic E-state index is -0.369. The zero-order valence-electron chi connectivity index (χ0n) is 15.4. The van der Waals surface area contributed by atoms with Gasteiger partial charge in [-0.1, -0.05) is 37.1 Å². The Morgan fingerprint density at radius 3 is 2.64 bits per heavy atom. The Hall–Kier alpha value is -3.12. The quantitative estimate of drug-likeness (QED) is 0.437. The van der Waals surface area contributed by atoms with Crippen LogP contribution in [0.1, 0.15) is 40.6 Å². The minimum Gasteiger partial charge on any atom is -0.462 e. The van der Waals surface area contributed by atoms with Crippen molar-refractivity contribution in [1.29, 1.82) is 0 Å². The van der Waals surface area contributed by atoms with Crippen LogP contribution in [0.2, 0.25) is 5.02 Å². The highest BCUT2D eigenvalue weighted by Gasteiger charge is 2.12. The van der Waals surface area contributed by atoms with Crippen LogP contribution in [-0.2, 0) is 4.74 Å². The Morgan fingerprint density at radius 1 is 1.14 bits per heavy atom. The molecule has 0 fully saturated rings. The van der Waals surface area contributed by atoms with Gasteiger partial charge in [0.25, 0.3) is 5.91 Å². The number of rotatable bonds is 7. The van der Waals surface area contributed by atoms with E-state index in [0.29, 0.717) is 34.3 Å². The highest BCUT2D eigenvalue weighted by molar-refractivity contribution is 6.30. The Labute approximate surface area is 167 Å². The average molecular weight is 398 g/mol.